The van der Waals surface area contributed by atoms with Crippen molar-refractivity contribution in [1.29, 1.82) is 0 Å². The molecule has 0 bridgehead atoms. The normalized spacial score (nSPS) is 15.4. The molecule has 0 saturated heterocycles. The topological polar surface area (TPSA) is 63.4 Å². The van der Waals surface area contributed by atoms with Gasteiger partial charge in [0, 0.05) is 12.6 Å². The Balaban J connectivity index is 2.24. The minimum absolute atomic E-state index is 0.223. The molecule has 0 amide bonds. The van der Waals surface area contributed by atoms with Gasteiger partial charge >= 0.3 is 0 Å². The van der Waals surface area contributed by atoms with Gasteiger partial charge in [-0.05, 0) is 30.9 Å². The van der Waals surface area contributed by atoms with Gasteiger partial charge in [-0.1, -0.05) is 24.4 Å². The number of sulfonamides is 1. The zero-order chi connectivity index (χ0) is 13.3. The lowest BCUT2D eigenvalue weighted by atomic mass is 10.2. The van der Waals surface area contributed by atoms with Crippen molar-refractivity contribution in [3.05, 3.63) is 29.8 Å². The number of rotatable bonds is 5. The van der Waals surface area contributed by atoms with Gasteiger partial charge in [0.1, 0.15) is 4.99 Å². The Bertz CT molecular complexity index is 565. The van der Waals surface area contributed by atoms with Crippen molar-refractivity contribution in [1.82, 2.24) is 0 Å². The molecule has 0 heterocycles. The van der Waals surface area contributed by atoms with Gasteiger partial charge < -0.3 is 5.73 Å². The fourth-order valence-electron chi connectivity index (χ4n) is 1.71. The third-order valence-electron chi connectivity index (χ3n) is 3.05. The lowest BCUT2D eigenvalue weighted by molar-refractivity contribution is 0.590. The van der Waals surface area contributed by atoms with Crippen LogP contribution in [0.3, 0.4) is 0 Å². The highest BCUT2D eigenvalue weighted by Crippen LogP contribution is 2.32. The lowest BCUT2D eigenvalue weighted by Crippen LogP contribution is -2.30. The van der Waals surface area contributed by atoms with E-state index in [1.165, 1.54) is 4.31 Å². The van der Waals surface area contributed by atoms with Crippen molar-refractivity contribution >= 4 is 32.9 Å². The molecule has 1 aromatic rings. The summed E-state index contributed by atoms with van der Waals surface area (Å²) in [5.41, 5.74) is 6.82. The maximum Gasteiger partial charge on any atom is 0.235 e. The SMILES string of the molecule is CN(c1cccc(C(N)=S)c1)S(=O)(=O)CC1CC1. The molecular weight excluding hydrogens is 268 g/mol. The third kappa shape index (κ3) is 3.00. The molecule has 2 rings (SSSR count). The van der Waals surface area contributed by atoms with E-state index in [4.69, 9.17) is 18.0 Å². The summed E-state index contributed by atoms with van der Waals surface area (Å²) < 4.78 is 25.6. The molecule has 1 saturated carbocycles. The van der Waals surface area contributed by atoms with Crippen LogP contribution in [-0.4, -0.2) is 26.2 Å². The first kappa shape index (κ1) is 13.3. The minimum atomic E-state index is -3.24. The number of nitrogens with zero attached hydrogens (tertiary/aromatic N) is 1. The summed E-state index contributed by atoms with van der Waals surface area (Å²) in [5, 5.41) is 0. The molecule has 0 radical (unpaired) electrons. The van der Waals surface area contributed by atoms with E-state index in [0.29, 0.717) is 17.2 Å². The highest BCUT2D eigenvalue weighted by atomic mass is 32.2. The number of nitrogens with two attached hydrogens (primary N) is 1. The molecule has 18 heavy (non-hydrogen) atoms. The number of hydrogen-bond donors (Lipinski definition) is 1. The summed E-state index contributed by atoms with van der Waals surface area (Å²) in [7, 11) is -1.68. The first-order chi connectivity index (χ1) is 8.40. The molecule has 1 aliphatic rings. The maximum absolute atomic E-state index is 12.1. The number of hydrogen-bond acceptors (Lipinski definition) is 3. The monoisotopic (exact) mass is 284 g/mol. The van der Waals surface area contributed by atoms with E-state index in [0.717, 1.165) is 12.8 Å². The second kappa shape index (κ2) is 4.85. The van der Waals surface area contributed by atoms with Gasteiger partial charge in [-0.15, -0.1) is 0 Å². The molecule has 1 aliphatic carbocycles. The molecular formula is C12H16N2O2S2. The fourth-order valence-corrected chi connectivity index (χ4v) is 3.42. The molecule has 1 aromatic carbocycles. The van der Waals surface area contributed by atoms with Crippen LogP contribution in [-0.2, 0) is 10.0 Å². The Hall–Kier alpha value is -1.14. The average molecular weight is 284 g/mol. The molecule has 0 unspecified atom stereocenters. The predicted octanol–water partition coefficient (Wildman–Crippen LogP) is 1.50. The number of benzene rings is 1. The summed E-state index contributed by atoms with van der Waals surface area (Å²) in [5.74, 6) is 0.553. The van der Waals surface area contributed by atoms with E-state index in [1.807, 2.05) is 0 Å². The first-order valence-corrected chi connectivity index (χ1v) is 7.78. The van der Waals surface area contributed by atoms with E-state index in [9.17, 15) is 8.42 Å². The standard InChI is InChI=1S/C12H16N2O2S2/c1-14(18(15,16)8-9-5-6-9)11-4-2-3-10(7-11)12(13)17/h2-4,7,9H,5-6,8H2,1H3,(H2,13,17). The van der Waals surface area contributed by atoms with Crippen molar-refractivity contribution in [3.63, 3.8) is 0 Å². The van der Waals surface area contributed by atoms with E-state index in [-0.39, 0.29) is 10.7 Å². The van der Waals surface area contributed by atoms with Gasteiger partial charge in [-0.25, -0.2) is 8.42 Å². The number of thiocarbonyl (C=S) groups is 1. The van der Waals surface area contributed by atoms with Crippen molar-refractivity contribution in [2.45, 2.75) is 12.8 Å². The Morgan fingerprint density at radius 1 is 1.50 bits per heavy atom. The highest BCUT2D eigenvalue weighted by Gasteiger charge is 2.30. The van der Waals surface area contributed by atoms with E-state index >= 15 is 0 Å². The first-order valence-electron chi connectivity index (χ1n) is 5.76. The molecule has 0 atom stereocenters. The Labute approximate surface area is 113 Å². The van der Waals surface area contributed by atoms with Crippen molar-refractivity contribution in [3.8, 4) is 0 Å². The molecule has 0 aromatic heterocycles. The fraction of sp³-hybridized carbons (Fsp3) is 0.417. The van der Waals surface area contributed by atoms with Crippen LogP contribution in [0.5, 0.6) is 0 Å². The van der Waals surface area contributed by atoms with Crippen LogP contribution in [0.4, 0.5) is 5.69 Å². The Kier molecular flexibility index (Phi) is 3.59. The summed E-state index contributed by atoms with van der Waals surface area (Å²) in [6.45, 7) is 0. The van der Waals surface area contributed by atoms with Gasteiger partial charge in [-0.2, -0.15) is 0 Å². The van der Waals surface area contributed by atoms with Crippen LogP contribution < -0.4 is 10.0 Å². The Morgan fingerprint density at radius 3 is 2.72 bits per heavy atom. The average Bonchev–Trinajstić information content (AvgIpc) is 3.11. The molecule has 1 fully saturated rings. The minimum Gasteiger partial charge on any atom is -0.389 e. The molecule has 98 valence electrons. The van der Waals surface area contributed by atoms with Gasteiger partial charge in [0.25, 0.3) is 0 Å². The van der Waals surface area contributed by atoms with E-state index in [1.54, 1.807) is 31.3 Å². The predicted molar refractivity (Wildman–Crippen MR) is 77.2 cm³/mol. The van der Waals surface area contributed by atoms with Crippen molar-refractivity contribution in [2.75, 3.05) is 17.1 Å². The van der Waals surface area contributed by atoms with Crippen LogP contribution in [0.2, 0.25) is 0 Å². The maximum atomic E-state index is 12.1. The molecule has 0 spiro atoms. The van der Waals surface area contributed by atoms with Gasteiger partial charge in [0.05, 0.1) is 11.4 Å². The van der Waals surface area contributed by atoms with Crippen LogP contribution in [0.15, 0.2) is 24.3 Å². The lowest BCUT2D eigenvalue weighted by Gasteiger charge is -2.19. The summed E-state index contributed by atoms with van der Waals surface area (Å²) in [6, 6.07) is 6.97. The third-order valence-corrected chi connectivity index (χ3v) is 5.23. The van der Waals surface area contributed by atoms with Crippen molar-refractivity contribution in [2.24, 2.45) is 11.7 Å². The highest BCUT2D eigenvalue weighted by molar-refractivity contribution is 7.92. The zero-order valence-corrected chi connectivity index (χ0v) is 11.8. The van der Waals surface area contributed by atoms with Crippen LogP contribution >= 0.6 is 12.2 Å². The molecule has 4 nitrogen and oxygen atoms in total. The van der Waals surface area contributed by atoms with Crippen LogP contribution in [0.25, 0.3) is 0 Å². The van der Waals surface area contributed by atoms with Gasteiger partial charge in [0.2, 0.25) is 10.0 Å². The van der Waals surface area contributed by atoms with Gasteiger partial charge in [0.15, 0.2) is 0 Å². The van der Waals surface area contributed by atoms with Gasteiger partial charge in [-0.3, -0.25) is 4.31 Å². The largest absolute Gasteiger partial charge is 0.389 e. The Morgan fingerprint density at radius 2 is 2.17 bits per heavy atom. The molecule has 0 aliphatic heterocycles. The van der Waals surface area contributed by atoms with Crippen molar-refractivity contribution < 1.29 is 8.42 Å². The van der Waals surface area contributed by atoms with Crippen LogP contribution in [0, 0.1) is 5.92 Å². The molecule has 2 N–H and O–H groups in total. The van der Waals surface area contributed by atoms with E-state index < -0.39 is 10.0 Å². The molecule has 6 heteroatoms. The quantitative estimate of drug-likeness (QED) is 0.832. The smallest absolute Gasteiger partial charge is 0.235 e. The second-order valence-electron chi connectivity index (χ2n) is 4.60. The second-order valence-corrected chi connectivity index (χ2v) is 7.09. The summed E-state index contributed by atoms with van der Waals surface area (Å²) in [6.07, 6.45) is 2.03. The number of anilines is 1. The summed E-state index contributed by atoms with van der Waals surface area (Å²) in [4.78, 5) is 0.268. The zero-order valence-electron chi connectivity index (χ0n) is 10.2. The van der Waals surface area contributed by atoms with Crippen LogP contribution in [0.1, 0.15) is 18.4 Å². The van der Waals surface area contributed by atoms with E-state index in [2.05, 4.69) is 0 Å². The summed E-state index contributed by atoms with van der Waals surface area (Å²) >= 11 is 4.89.